The maximum absolute atomic E-state index is 5.91. The van der Waals surface area contributed by atoms with Gasteiger partial charge in [0.15, 0.2) is 12.7 Å². The van der Waals surface area contributed by atoms with Crippen molar-refractivity contribution in [2.24, 2.45) is 0 Å². The van der Waals surface area contributed by atoms with Gasteiger partial charge in [-0.1, -0.05) is 126 Å². The summed E-state index contributed by atoms with van der Waals surface area (Å²) >= 11 is 1.78. The fourth-order valence-electron chi connectivity index (χ4n) is 4.59. The van der Waals surface area contributed by atoms with Crippen molar-refractivity contribution in [1.29, 1.82) is 0 Å². The number of nitrogens with zero attached hydrogens (tertiary/aromatic N) is 1. The number of hydrogen-bond donors (Lipinski definition) is 0. The minimum atomic E-state index is -0.0100. The number of rotatable bonds is 24. The third kappa shape index (κ3) is 16.3. The Kier molecular flexibility index (Phi) is 18.7. The summed E-state index contributed by atoms with van der Waals surface area (Å²) in [6, 6.07) is 8.68. The fourth-order valence-corrected chi connectivity index (χ4v) is 5.22. The number of thiazole rings is 1. The molecule has 5 heteroatoms. The average molecular weight is 533 g/mol. The molecule has 0 radical (unpaired) electrons. The van der Waals surface area contributed by atoms with Crippen LogP contribution in [0, 0.1) is 6.92 Å². The second-order valence-electron chi connectivity index (χ2n) is 10.5. The monoisotopic (exact) mass is 532 g/mol. The molecule has 0 saturated heterocycles. The number of benzene rings is 1. The predicted molar refractivity (Wildman–Crippen MR) is 156 cm³/mol. The Bertz CT molecular complexity index is 777. The van der Waals surface area contributed by atoms with Gasteiger partial charge in [-0.25, -0.2) is 0 Å². The second-order valence-corrected chi connectivity index (χ2v) is 11.6. The van der Waals surface area contributed by atoms with E-state index in [1.807, 2.05) is 0 Å². The third-order valence-corrected chi connectivity index (χ3v) is 7.81. The van der Waals surface area contributed by atoms with E-state index in [1.54, 1.807) is 18.4 Å². The lowest BCUT2D eigenvalue weighted by molar-refractivity contribution is -0.683. The molecule has 0 spiro atoms. The van der Waals surface area contributed by atoms with E-state index in [0.29, 0.717) is 19.8 Å². The highest BCUT2D eigenvalue weighted by Crippen LogP contribution is 2.13. The van der Waals surface area contributed by atoms with Crippen molar-refractivity contribution in [3.63, 3.8) is 0 Å². The van der Waals surface area contributed by atoms with E-state index in [1.165, 1.54) is 99.5 Å². The summed E-state index contributed by atoms with van der Waals surface area (Å²) in [5.41, 5.74) is 4.66. The van der Waals surface area contributed by atoms with Crippen molar-refractivity contribution in [2.75, 3.05) is 26.9 Å². The summed E-state index contributed by atoms with van der Waals surface area (Å²) in [7, 11) is 1.74. The van der Waals surface area contributed by atoms with Gasteiger partial charge in [0, 0.05) is 19.3 Å². The highest BCUT2D eigenvalue weighted by atomic mass is 32.1. The standard InChI is InChI=1S/C32H54NO3S/c1-4-5-6-7-8-9-10-11-12-13-14-15-16-17-22-35-26-32(34-3)27-36-25-31-20-18-30(19-21-31)24-33-23-29(2)37-28-33/h18-21,23,28,32H,4-17,22,24-27H2,1-3H3/q+1. The number of unbranched alkanes of at least 4 members (excludes halogenated alkanes) is 13. The van der Waals surface area contributed by atoms with E-state index in [-0.39, 0.29) is 6.10 Å². The van der Waals surface area contributed by atoms with Crippen LogP contribution >= 0.6 is 11.3 Å². The first-order valence-corrected chi connectivity index (χ1v) is 15.8. The molecule has 37 heavy (non-hydrogen) atoms. The maximum atomic E-state index is 5.91. The Morgan fingerprint density at radius 2 is 1.27 bits per heavy atom. The zero-order valence-electron chi connectivity index (χ0n) is 24.1. The quantitative estimate of drug-likeness (QED) is 0.100. The first-order valence-electron chi connectivity index (χ1n) is 14.9. The SMILES string of the molecule is CCCCCCCCCCCCCCCCOCC(COCc1ccc(C[n+]2csc(C)c2)cc1)OC. The lowest BCUT2D eigenvalue weighted by atomic mass is 10.0. The predicted octanol–water partition coefficient (Wildman–Crippen LogP) is 8.42. The van der Waals surface area contributed by atoms with Gasteiger partial charge in [0.1, 0.15) is 6.10 Å². The Morgan fingerprint density at radius 3 is 1.81 bits per heavy atom. The van der Waals surface area contributed by atoms with Gasteiger partial charge >= 0.3 is 0 Å². The van der Waals surface area contributed by atoms with Gasteiger partial charge in [0.25, 0.3) is 0 Å². The Morgan fingerprint density at radius 1 is 0.730 bits per heavy atom. The average Bonchev–Trinajstić information content (AvgIpc) is 3.32. The van der Waals surface area contributed by atoms with E-state index >= 15 is 0 Å². The van der Waals surface area contributed by atoms with E-state index in [0.717, 1.165) is 19.6 Å². The lowest BCUT2D eigenvalue weighted by Gasteiger charge is -2.16. The number of methoxy groups -OCH3 is 1. The van der Waals surface area contributed by atoms with E-state index in [2.05, 4.69) is 54.4 Å². The van der Waals surface area contributed by atoms with Crippen LogP contribution in [0.15, 0.2) is 36.0 Å². The second kappa shape index (κ2) is 21.6. The topological polar surface area (TPSA) is 31.6 Å². The highest BCUT2D eigenvalue weighted by Gasteiger charge is 2.09. The van der Waals surface area contributed by atoms with Gasteiger partial charge in [-0.05, 0) is 18.9 Å². The summed E-state index contributed by atoms with van der Waals surface area (Å²) in [6.45, 7) is 7.92. The minimum absolute atomic E-state index is 0.0100. The number of aromatic nitrogens is 1. The van der Waals surface area contributed by atoms with E-state index in [4.69, 9.17) is 14.2 Å². The molecule has 1 aromatic heterocycles. The number of aryl methyl sites for hydroxylation is 1. The van der Waals surface area contributed by atoms with Crippen LogP contribution in [-0.4, -0.2) is 33.0 Å². The Labute approximate surface area is 231 Å². The van der Waals surface area contributed by atoms with Crippen LogP contribution in [0.25, 0.3) is 0 Å². The van der Waals surface area contributed by atoms with Crippen LogP contribution in [0.3, 0.4) is 0 Å². The molecular formula is C32H54NO3S+. The van der Waals surface area contributed by atoms with Crippen molar-refractivity contribution < 1.29 is 18.8 Å². The first-order chi connectivity index (χ1) is 18.2. The van der Waals surface area contributed by atoms with Crippen LogP contribution in [-0.2, 0) is 27.4 Å². The van der Waals surface area contributed by atoms with Crippen molar-refractivity contribution in [2.45, 2.75) is 123 Å². The van der Waals surface area contributed by atoms with Crippen LogP contribution < -0.4 is 4.57 Å². The summed E-state index contributed by atoms with van der Waals surface area (Å²) in [5.74, 6) is 0. The molecule has 0 amide bonds. The number of hydrogen-bond acceptors (Lipinski definition) is 4. The maximum Gasteiger partial charge on any atom is 0.225 e. The lowest BCUT2D eigenvalue weighted by Crippen LogP contribution is -2.30. The fraction of sp³-hybridized carbons (Fsp3) is 0.719. The molecule has 0 fully saturated rings. The van der Waals surface area contributed by atoms with Crippen LogP contribution in [0.1, 0.15) is 113 Å². The Hall–Kier alpha value is -1.27. The molecule has 4 nitrogen and oxygen atoms in total. The molecule has 0 saturated carbocycles. The molecule has 0 aliphatic rings. The Balaban J connectivity index is 1.39. The molecule has 1 atom stereocenters. The van der Waals surface area contributed by atoms with E-state index in [9.17, 15) is 0 Å². The molecule has 0 aliphatic carbocycles. The van der Waals surface area contributed by atoms with E-state index < -0.39 is 0 Å². The molecule has 0 N–H and O–H groups in total. The molecule has 1 unspecified atom stereocenters. The summed E-state index contributed by atoms with van der Waals surface area (Å²) in [5, 5.41) is 0. The molecule has 2 rings (SSSR count). The van der Waals surface area contributed by atoms with Crippen LogP contribution in [0.4, 0.5) is 0 Å². The van der Waals surface area contributed by atoms with Crippen LogP contribution in [0.2, 0.25) is 0 Å². The zero-order chi connectivity index (χ0) is 26.4. The molecule has 0 bridgehead atoms. The first kappa shape index (κ1) is 31.9. The molecule has 1 aromatic carbocycles. The molecule has 210 valence electrons. The van der Waals surface area contributed by atoms with Gasteiger partial charge < -0.3 is 14.2 Å². The van der Waals surface area contributed by atoms with Gasteiger partial charge in [0.05, 0.1) is 24.7 Å². The van der Waals surface area contributed by atoms with Crippen molar-refractivity contribution in [3.05, 3.63) is 52.0 Å². The minimum Gasteiger partial charge on any atom is -0.379 e. The van der Waals surface area contributed by atoms with Gasteiger partial charge in [-0.3, -0.25) is 0 Å². The highest BCUT2D eigenvalue weighted by molar-refractivity contribution is 7.09. The molecule has 2 aromatic rings. The summed E-state index contributed by atoms with van der Waals surface area (Å²) in [4.78, 5) is 1.33. The van der Waals surface area contributed by atoms with Crippen molar-refractivity contribution >= 4 is 11.3 Å². The molecular weight excluding hydrogens is 478 g/mol. The van der Waals surface area contributed by atoms with Gasteiger partial charge in [-0.2, -0.15) is 4.57 Å². The van der Waals surface area contributed by atoms with Crippen LogP contribution in [0.5, 0.6) is 0 Å². The summed E-state index contributed by atoms with van der Waals surface area (Å²) < 4.78 is 19.5. The van der Waals surface area contributed by atoms with Crippen molar-refractivity contribution in [3.8, 4) is 0 Å². The normalized spacial score (nSPS) is 12.3. The molecule has 1 heterocycles. The zero-order valence-corrected chi connectivity index (χ0v) is 24.9. The van der Waals surface area contributed by atoms with Gasteiger partial charge in [0.2, 0.25) is 5.51 Å². The largest absolute Gasteiger partial charge is 0.379 e. The van der Waals surface area contributed by atoms with Gasteiger partial charge in [-0.15, -0.1) is 0 Å². The summed E-state index contributed by atoms with van der Waals surface area (Å²) in [6.07, 6.45) is 21.5. The van der Waals surface area contributed by atoms with Crippen molar-refractivity contribution in [1.82, 2.24) is 0 Å². The third-order valence-electron chi connectivity index (χ3n) is 6.96. The smallest absolute Gasteiger partial charge is 0.225 e. The molecule has 0 aliphatic heterocycles. The number of ether oxygens (including phenoxy) is 3.